The molecule has 3 heteroatoms. The van der Waals surface area contributed by atoms with Gasteiger partial charge in [0, 0.05) is 18.7 Å². The third-order valence-corrected chi connectivity index (χ3v) is 5.62. The van der Waals surface area contributed by atoms with Gasteiger partial charge in [-0.25, -0.2) is 0 Å². The highest BCUT2D eigenvalue weighted by molar-refractivity contribution is 4.89. The van der Waals surface area contributed by atoms with Crippen molar-refractivity contribution in [2.24, 2.45) is 23.2 Å². The fraction of sp³-hybridized carbons (Fsp3) is 1.00. The number of aliphatic hydroxyl groups is 1. The molecule has 0 radical (unpaired) electrons. The van der Waals surface area contributed by atoms with Crippen molar-refractivity contribution in [2.45, 2.75) is 84.8 Å². The van der Waals surface area contributed by atoms with Crippen molar-refractivity contribution in [1.82, 2.24) is 5.32 Å². The van der Waals surface area contributed by atoms with E-state index < -0.39 is 6.10 Å². The smallest absolute Gasteiger partial charge is 0.0897 e. The Labute approximate surface area is 143 Å². The maximum Gasteiger partial charge on any atom is 0.0897 e. The van der Waals surface area contributed by atoms with E-state index in [4.69, 9.17) is 4.74 Å². The number of aliphatic hydroxyl groups excluding tert-OH is 1. The molecule has 0 heterocycles. The third kappa shape index (κ3) is 6.72. The Hall–Kier alpha value is -0.120. The second kappa shape index (κ2) is 7.84. The summed E-state index contributed by atoms with van der Waals surface area (Å²) in [6.45, 7) is 13.1. The van der Waals surface area contributed by atoms with E-state index in [-0.39, 0.29) is 5.54 Å². The van der Waals surface area contributed by atoms with Gasteiger partial charge in [-0.1, -0.05) is 27.2 Å². The van der Waals surface area contributed by atoms with Gasteiger partial charge in [-0.2, -0.15) is 0 Å². The molecule has 2 saturated carbocycles. The average molecular weight is 326 g/mol. The van der Waals surface area contributed by atoms with Crippen molar-refractivity contribution in [2.75, 3.05) is 19.8 Å². The van der Waals surface area contributed by atoms with Crippen LogP contribution < -0.4 is 5.32 Å². The summed E-state index contributed by atoms with van der Waals surface area (Å²) in [6, 6.07) is 0. The lowest BCUT2D eigenvalue weighted by atomic mass is 9.82. The lowest BCUT2D eigenvalue weighted by Gasteiger charge is -2.34. The van der Waals surface area contributed by atoms with E-state index in [0.29, 0.717) is 18.6 Å². The minimum atomic E-state index is -0.408. The van der Waals surface area contributed by atoms with Crippen LogP contribution in [0, 0.1) is 23.2 Å². The van der Waals surface area contributed by atoms with Crippen molar-refractivity contribution < 1.29 is 9.84 Å². The molecular weight excluding hydrogens is 286 g/mol. The molecule has 0 unspecified atom stereocenters. The van der Waals surface area contributed by atoms with E-state index >= 15 is 0 Å². The summed E-state index contributed by atoms with van der Waals surface area (Å²) in [7, 11) is 0. The molecule has 2 aliphatic rings. The van der Waals surface area contributed by atoms with Gasteiger partial charge in [0.2, 0.25) is 0 Å². The summed E-state index contributed by atoms with van der Waals surface area (Å²) in [5.74, 6) is 2.90. The molecule has 2 bridgehead atoms. The Morgan fingerprint density at radius 3 is 2.43 bits per heavy atom. The van der Waals surface area contributed by atoms with Crippen LogP contribution in [-0.2, 0) is 4.74 Å². The van der Waals surface area contributed by atoms with Crippen LogP contribution >= 0.6 is 0 Å². The number of fused-ring (bicyclic) bond motifs is 2. The number of hydrogen-bond acceptors (Lipinski definition) is 3. The second-order valence-corrected chi connectivity index (χ2v) is 9.95. The molecule has 0 aromatic rings. The van der Waals surface area contributed by atoms with Gasteiger partial charge < -0.3 is 15.2 Å². The highest BCUT2D eigenvalue weighted by atomic mass is 16.5. The van der Waals surface area contributed by atoms with Crippen LogP contribution in [0.3, 0.4) is 0 Å². The highest BCUT2D eigenvalue weighted by Gasteiger charge is 2.38. The Balaban J connectivity index is 1.54. The Morgan fingerprint density at radius 1 is 1.13 bits per heavy atom. The standard InChI is InChI=1S/C20H39NO2/c1-19(2,3)14-20(4,5)21-12-18(22)13-23-9-8-17-11-15-6-7-16(17)10-15/h15-18,21-22H,6-14H2,1-5H3/t15-,16-,17+,18-/m0/s1. The first-order valence-electron chi connectivity index (χ1n) is 9.65. The van der Waals surface area contributed by atoms with E-state index in [0.717, 1.165) is 30.8 Å². The van der Waals surface area contributed by atoms with E-state index in [9.17, 15) is 5.11 Å². The second-order valence-electron chi connectivity index (χ2n) is 9.95. The molecule has 2 fully saturated rings. The Morgan fingerprint density at radius 2 is 1.87 bits per heavy atom. The molecule has 136 valence electrons. The SMILES string of the molecule is CC(C)(C)CC(C)(C)NC[C@H](O)COCC[C@@H]1C[C@H]2CC[C@H]1C2. The van der Waals surface area contributed by atoms with Crippen LogP contribution in [0.2, 0.25) is 0 Å². The van der Waals surface area contributed by atoms with Gasteiger partial charge in [0.25, 0.3) is 0 Å². The minimum Gasteiger partial charge on any atom is -0.389 e. The molecule has 0 spiro atoms. The van der Waals surface area contributed by atoms with Gasteiger partial charge in [0.15, 0.2) is 0 Å². The highest BCUT2D eigenvalue weighted by Crippen LogP contribution is 2.49. The zero-order valence-electron chi connectivity index (χ0n) is 16.0. The predicted octanol–water partition coefficient (Wildman–Crippen LogP) is 3.99. The first kappa shape index (κ1) is 19.2. The molecule has 0 saturated heterocycles. The minimum absolute atomic E-state index is 0.0440. The lowest BCUT2D eigenvalue weighted by molar-refractivity contribution is 0.0248. The van der Waals surface area contributed by atoms with Crippen molar-refractivity contribution in [1.29, 1.82) is 0 Å². The van der Waals surface area contributed by atoms with Crippen LogP contribution in [0.5, 0.6) is 0 Å². The molecular formula is C20H39NO2. The van der Waals surface area contributed by atoms with Gasteiger partial charge in [0.1, 0.15) is 0 Å². The zero-order chi connectivity index (χ0) is 17.1. The number of rotatable bonds is 9. The maximum atomic E-state index is 10.1. The fourth-order valence-electron chi connectivity index (χ4n) is 5.03. The number of β-amino-alcohol motifs (C(OH)–C–C–N with tert-alkyl or cyclic N) is 1. The van der Waals surface area contributed by atoms with E-state index in [1.807, 2.05) is 0 Å². The molecule has 0 aromatic carbocycles. The summed E-state index contributed by atoms with van der Waals surface area (Å²) in [5.41, 5.74) is 0.334. The van der Waals surface area contributed by atoms with E-state index in [1.165, 1.54) is 32.1 Å². The molecule has 0 aromatic heterocycles. The van der Waals surface area contributed by atoms with Crippen molar-refractivity contribution in [3.05, 3.63) is 0 Å². The monoisotopic (exact) mass is 325 g/mol. The Kier molecular flexibility index (Phi) is 6.55. The quantitative estimate of drug-likeness (QED) is 0.630. The predicted molar refractivity (Wildman–Crippen MR) is 96.5 cm³/mol. The first-order valence-corrected chi connectivity index (χ1v) is 9.65. The molecule has 2 N–H and O–H groups in total. The van der Waals surface area contributed by atoms with Crippen molar-refractivity contribution >= 4 is 0 Å². The largest absolute Gasteiger partial charge is 0.389 e. The zero-order valence-corrected chi connectivity index (χ0v) is 16.0. The van der Waals surface area contributed by atoms with Crippen molar-refractivity contribution in [3.8, 4) is 0 Å². The van der Waals surface area contributed by atoms with Crippen LogP contribution in [-0.4, -0.2) is 36.5 Å². The summed E-state index contributed by atoms with van der Waals surface area (Å²) in [6.07, 6.45) is 7.68. The topological polar surface area (TPSA) is 41.5 Å². The van der Waals surface area contributed by atoms with E-state index in [2.05, 4.69) is 39.9 Å². The third-order valence-electron chi connectivity index (χ3n) is 5.62. The molecule has 4 atom stereocenters. The van der Waals surface area contributed by atoms with Gasteiger partial charge in [-0.15, -0.1) is 0 Å². The summed E-state index contributed by atoms with van der Waals surface area (Å²) >= 11 is 0. The van der Waals surface area contributed by atoms with Gasteiger partial charge >= 0.3 is 0 Å². The fourth-order valence-corrected chi connectivity index (χ4v) is 5.03. The van der Waals surface area contributed by atoms with Crippen LogP contribution in [0.1, 0.15) is 73.1 Å². The molecule has 2 aliphatic carbocycles. The Bertz CT molecular complexity index is 361. The van der Waals surface area contributed by atoms with Gasteiger partial charge in [0.05, 0.1) is 12.7 Å². The normalized spacial score (nSPS) is 29.2. The van der Waals surface area contributed by atoms with Crippen molar-refractivity contribution in [3.63, 3.8) is 0 Å². The van der Waals surface area contributed by atoms with Crippen LogP contribution in [0.25, 0.3) is 0 Å². The molecule has 2 rings (SSSR count). The van der Waals surface area contributed by atoms with E-state index in [1.54, 1.807) is 0 Å². The first-order chi connectivity index (χ1) is 10.6. The number of ether oxygens (including phenoxy) is 1. The van der Waals surface area contributed by atoms with Crippen LogP contribution in [0.4, 0.5) is 0 Å². The molecule has 0 aliphatic heterocycles. The summed E-state index contributed by atoms with van der Waals surface area (Å²) < 4.78 is 5.74. The van der Waals surface area contributed by atoms with Gasteiger partial charge in [-0.3, -0.25) is 0 Å². The maximum absolute atomic E-state index is 10.1. The average Bonchev–Trinajstić information content (AvgIpc) is 3.01. The lowest BCUT2D eigenvalue weighted by Crippen LogP contribution is -2.46. The summed E-state index contributed by atoms with van der Waals surface area (Å²) in [4.78, 5) is 0. The molecule has 3 nitrogen and oxygen atoms in total. The molecule has 0 amide bonds. The van der Waals surface area contributed by atoms with Crippen LogP contribution in [0.15, 0.2) is 0 Å². The number of nitrogens with one attached hydrogen (secondary N) is 1. The number of hydrogen-bond donors (Lipinski definition) is 2. The van der Waals surface area contributed by atoms with Gasteiger partial charge in [-0.05, 0) is 69.1 Å². The molecule has 23 heavy (non-hydrogen) atoms. The summed E-state index contributed by atoms with van der Waals surface area (Å²) in [5, 5.41) is 13.6.